The monoisotopic (exact) mass is 410 g/mol. The maximum absolute atomic E-state index is 12.0. The van der Waals surface area contributed by atoms with Crippen molar-refractivity contribution in [2.45, 2.75) is 20.3 Å². The van der Waals surface area contributed by atoms with E-state index in [0.717, 1.165) is 15.7 Å². The molecule has 3 nitrogen and oxygen atoms in total. The summed E-state index contributed by atoms with van der Waals surface area (Å²) in [6, 6.07) is 14.4. The third kappa shape index (κ3) is 5.33. The summed E-state index contributed by atoms with van der Waals surface area (Å²) in [6.45, 7) is 5.00. The number of hydrogen-bond acceptors (Lipinski definition) is 3. The predicted molar refractivity (Wildman–Crippen MR) is 95.5 cm³/mol. The number of esters is 1. The molecule has 0 saturated carbocycles. The minimum Gasteiger partial charge on any atom is -0.494 e. The molecule has 116 valence electrons. The van der Waals surface area contributed by atoms with Crippen LogP contribution in [-0.4, -0.2) is 12.6 Å². The number of carbonyl (C=O) groups excluding carboxylic acids is 1. The summed E-state index contributed by atoms with van der Waals surface area (Å²) < 4.78 is 12.1. The van der Waals surface area contributed by atoms with Gasteiger partial charge in [0.25, 0.3) is 0 Å². The van der Waals surface area contributed by atoms with Crippen LogP contribution in [-0.2, 0) is 0 Å². The Bertz CT molecular complexity index is 603. The van der Waals surface area contributed by atoms with Crippen LogP contribution in [0.1, 0.15) is 30.6 Å². The lowest BCUT2D eigenvalue weighted by Crippen LogP contribution is -2.08. The van der Waals surface area contributed by atoms with E-state index in [1.165, 1.54) is 0 Å². The highest BCUT2D eigenvalue weighted by atomic mass is 127. The van der Waals surface area contributed by atoms with Gasteiger partial charge in [-0.2, -0.15) is 0 Å². The average Bonchev–Trinajstić information content (AvgIpc) is 2.50. The standard InChI is InChI=1S/C18H19IO3/c1-13(2)11-12-21-16-7-3-14(4-8-16)18(20)22-17-9-5-15(19)6-10-17/h3-10,13H,11-12H2,1-2H3. The Balaban J connectivity index is 1.91. The molecule has 0 aliphatic carbocycles. The maximum atomic E-state index is 12.0. The normalized spacial score (nSPS) is 10.5. The molecular formula is C18H19IO3. The second-order valence-corrected chi connectivity index (χ2v) is 6.64. The third-order valence-corrected chi connectivity index (χ3v) is 3.80. The molecule has 0 N–H and O–H groups in total. The van der Waals surface area contributed by atoms with Crippen molar-refractivity contribution in [1.29, 1.82) is 0 Å². The molecule has 4 heteroatoms. The van der Waals surface area contributed by atoms with Crippen molar-refractivity contribution < 1.29 is 14.3 Å². The first-order valence-electron chi connectivity index (χ1n) is 7.25. The SMILES string of the molecule is CC(C)CCOc1ccc(C(=O)Oc2ccc(I)cc2)cc1. The summed E-state index contributed by atoms with van der Waals surface area (Å²) in [7, 11) is 0. The van der Waals surface area contributed by atoms with Crippen LogP contribution in [0.25, 0.3) is 0 Å². The molecule has 2 aromatic rings. The second kappa shape index (κ2) is 8.17. The Morgan fingerprint density at radius 2 is 1.59 bits per heavy atom. The van der Waals surface area contributed by atoms with E-state index in [-0.39, 0.29) is 5.97 Å². The Labute approximate surface area is 144 Å². The minimum atomic E-state index is -0.366. The molecule has 0 aliphatic heterocycles. The highest BCUT2D eigenvalue weighted by Crippen LogP contribution is 2.17. The van der Waals surface area contributed by atoms with Gasteiger partial charge in [0.2, 0.25) is 0 Å². The molecule has 2 aromatic carbocycles. The van der Waals surface area contributed by atoms with E-state index in [0.29, 0.717) is 23.8 Å². The number of rotatable bonds is 6. The molecule has 0 fully saturated rings. The highest BCUT2D eigenvalue weighted by molar-refractivity contribution is 14.1. The lowest BCUT2D eigenvalue weighted by molar-refractivity contribution is 0.0734. The Hall–Kier alpha value is -1.56. The predicted octanol–water partition coefficient (Wildman–Crippen LogP) is 4.94. The molecule has 2 rings (SSSR count). The summed E-state index contributed by atoms with van der Waals surface area (Å²) in [5.74, 6) is 1.56. The van der Waals surface area contributed by atoms with Gasteiger partial charge in [0.05, 0.1) is 12.2 Å². The lowest BCUT2D eigenvalue weighted by atomic mass is 10.1. The maximum Gasteiger partial charge on any atom is 0.343 e. The van der Waals surface area contributed by atoms with Crippen LogP contribution in [0.5, 0.6) is 11.5 Å². The zero-order valence-electron chi connectivity index (χ0n) is 12.7. The number of carbonyl (C=O) groups is 1. The van der Waals surface area contributed by atoms with Gasteiger partial charge < -0.3 is 9.47 Å². The van der Waals surface area contributed by atoms with Crippen LogP contribution < -0.4 is 9.47 Å². The fraction of sp³-hybridized carbons (Fsp3) is 0.278. The van der Waals surface area contributed by atoms with Gasteiger partial charge in [-0.15, -0.1) is 0 Å². The van der Waals surface area contributed by atoms with Crippen molar-refractivity contribution in [2.24, 2.45) is 5.92 Å². The Morgan fingerprint density at radius 3 is 2.18 bits per heavy atom. The smallest absolute Gasteiger partial charge is 0.343 e. The van der Waals surface area contributed by atoms with Gasteiger partial charge in [0.1, 0.15) is 11.5 Å². The quantitative estimate of drug-likeness (QED) is 0.385. The van der Waals surface area contributed by atoms with Gasteiger partial charge in [-0.1, -0.05) is 13.8 Å². The highest BCUT2D eigenvalue weighted by Gasteiger charge is 2.08. The van der Waals surface area contributed by atoms with E-state index >= 15 is 0 Å². The van der Waals surface area contributed by atoms with E-state index in [1.54, 1.807) is 36.4 Å². The topological polar surface area (TPSA) is 35.5 Å². The van der Waals surface area contributed by atoms with Crippen molar-refractivity contribution in [2.75, 3.05) is 6.61 Å². The molecule has 0 bridgehead atoms. The Morgan fingerprint density at radius 1 is 1.00 bits per heavy atom. The summed E-state index contributed by atoms with van der Waals surface area (Å²) in [5.41, 5.74) is 0.509. The van der Waals surface area contributed by atoms with E-state index in [9.17, 15) is 4.79 Å². The summed E-state index contributed by atoms with van der Waals surface area (Å²) in [5, 5.41) is 0. The molecule has 0 atom stereocenters. The van der Waals surface area contributed by atoms with E-state index in [2.05, 4.69) is 36.4 Å². The van der Waals surface area contributed by atoms with Gasteiger partial charge in [-0.3, -0.25) is 0 Å². The average molecular weight is 410 g/mol. The van der Waals surface area contributed by atoms with Gasteiger partial charge in [0.15, 0.2) is 0 Å². The number of ether oxygens (including phenoxy) is 2. The van der Waals surface area contributed by atoms with Gasteiger partial charge >= 0.3 is 5.97 Å². The molecule has 0 spiro atoms. The van der Waals surface area contributed by atoms with Crippen LogP contribution in [0, 0.1) is 9.49 Å². The van der Waals surface area contributed by atoms with Crippen molar-refractivity contribution in [1.82, 2.24) is 0 Å². The molecule has 0 aliphatic rings. The first kappa shape index (κ1) is 16.8. The molecule has 0 saturated heterocycles. The molecule has 0 heterocycles. The first-order chi connectivity index (χ1) is 10.5. The molecule has 22 heavy (non-hydrogen) atoms. The van der Waals surface area contributed by atoms with Gasteiger partial charge in [0, 0.05) is 3.57 Å². The largest absolute Gasteiger partial charge is 0.494 e. The van der Waals surface area contributed by atoms with Crippen molar-refractivity contribution in [3.8, 4) is 11.5 Å². The summed E-state index contributed by atoms with van der Waals surface area (Å²) >= 11 is 2.21. The minimum absolute atomic E-state index is 0.366. The second-order valence-electron chi connectivity index (χ2n) is 5.40. The van der Waals surface area contributed by atoms with Crippen molar-refractivity contribution in [3.05, 3.63) is 57.7 Å². The first-order valence-corrected chi connectivity index (χ1v) is 8.33. The number of halogens is 1. The molecule has 0 amide bonds. The third-order valence-electron chi connectivity index (χ3n) is 3.08. The van der Waals surface area contributed by atoms with Crippen LogP contribution in [0.3, 0.4) is 0 Å². The van der Waals surface area contributed by atoms with Crippen LogP contribution in [0.15, 0.2) is 48.5 Å². The van der Waals surface area contributed by atoms with Crippen molar-refractivity contribution >= 4 is 28.6 Å². The van der Waals surface area contributed by atoms with E-state index in [4.69, 9.17) is 9.47 Å². The summed E-state index contributed by atoms with van der Waals surface area (Å²) in [6.07, 6.45) is 1.01. The zero-order chi connectivity index (χ0) is 15.9. The van der Waals surface area contributed by atoms with Crippen LogP contribution in [0.4, 0.5) is 0 Å². The van der Waals surface area contributed by atoms with Crippen LogP contribution >= 0.6 is 22.6 Å². The molecule has 0 aromatic heterocycles. The summed E-state index contributed by atoms with van der Waals surface area (Å²) in [4.78, 5) is 12.0. The lowest BCUT2D eigenvalue weighted by Gasteiger charge is -2.09. The van der Waals surface area contributed by atoms with E-state index in [1.807, 2.05) is 12.1 Å². The van der Waals surface area contributed by atoms with E-state index < -0.39 is 0 Å². The fourth-order valence-electron chi connectivity index (χ4n) is 1.77. The Kier molecular flexibility index (Phi) is 6.24. The zero-order valence-corrected chi connectivity index (χ0v) is 14.9. The number of benzene rings is 2. The fourth-order valence-corrected chi connectivity index (χ4v) is 2.13. The van der Waals surface area contributed by atoms with Gasteiger partial charge in [-0.05, 0) is 83.5 Å². The number of hydrogen-bond donors (Lipinski definition) is 0. The molecule has 0 radical (unpaired) electrons. The van der Waals surface area contributed by atoms with Crippen LogP contribution in [0.2, 0.25) is 0 Å². The van der Waals surface area contributed by atoms with Crippen molar-refractivity contribution in [3.63, 3.8) is 0 Å². The molecular weight excluding hydrogens is 391 g/mol. The van der Waals surface area contributed by atoms with Gasteiger partial charge in [-0.25, -0.2) is 4.79 Å². The molecule has 0 unspecified atom stereocenters.